The maximum absolute atomic E-state index is 12.6. The molecule has 0 aliphatic carbocycles. The molecule has 3 atom stereocenters. The SMILES string of the molecule is CO[C@@H](C(=O)N1CCC[C@@H]1C(=N)S)[C@@H](O)C(=O)NCCc1cccs1. The van der Waals surface area contributed by atoms with Gasteiger partial charge in [0.2, 0.25) is 0 Å². The summed E-state index contributed by atoms with van der Waals surface area (Å²) in [6.45, 7) is 0.827. The van der Waals surface area contributed by atoms with E-state index in [1.54, 1.807) is 11.3 Å². The number of aliphatic hydroxyl groups excluding tert-OH is 1. The van der Waals surface area contributed by atoms with Gasteiger partial charge in [0, 0.05) is 25.1 Å². The Morgan fingerprint density at radius 3 is 2.96 bits per heavy atom. The molecule has 0 radical (unpaired) electrons. The molecule has 3 N–H and O–H groups in total. The molecular formula is C16H23N3O4S2. The van der Waals surface area contributed by atoms with Crippen LogP contribution in [0.3, 0.4) is 0 Å². The highest BCUT2D eigenvalue weighted by Crippen LogP contribution is 2.21. The molecule has 0 aromatic carbocycles. The van der Waals surface area contributed by atoms with Gasteiger partial charge in [-0.05, 0) is 30.7 Å². The van der Waals surface area contributed by atoms with Gasteiger partial charge < -0.3 is 20.1 Å². The second kappa shape index (κ2) is 9.33. The fourth-order valence-electron chi connectivity index (χ4n) is 2.85. The molecule has 138 valence electrons. The van der Waals surface area contributed by atoms with Gasteiger partial charge in [-0.1, -0.05) is 6.07 Å². The Hall–Kier alpha value is -1.42. The van der Waals surface area contributed by atoms with Crippen LogP contribution in [-0.2, 0) is 20.7 Å². The zero-order valence-electron chi connectivity index (χ0n) is 14.0. The Morgan fingerprint density at radius 1 is 1.60 bits per heavy atom. The van der Waals surface area contributed by atoms with Crippen LogP contribution in [0.4, 0.5) is 0 Å². The van der Waals surface area contributed by atoms with E-state index >= 15 is 0 Å². The number of ether oxygens (including phenoxy) is 1. The van der Waals surface area contributed by atoms with E-state index in [9.17, 15) is 14.7 Å². The standard InChI is InChI=1S/C16H23N3O4S2/c1-23-13(16(22)19-8-2-5-11(19)14(17)24)12(20)15(21)18-7-6-10-4-3-9-25-10/h3-4,9,11-13,20H,2,5-8H2,1H3,(H2,17,24)(H,18,21)/t11-,12-,13-/m1/s1. The van der Waals surface area contributed by atoms with Crippen LogP contribution in [0.2, 0.25) is 0 Å². The summed E-state index contributed by atoms with van der Waals surface area (Å²) >= 11 is 5.61. The van der Waals surface area contributed by atoms with Gasteiger partial charge >= 0.3 is 0 Å². The first kappa shape index (κ1) is 19.9. The van der Waals surface area contributed by atoms with Crippen molar-refractivity contribution in [3.63, 3.8) is 0 Å². The van der Waals surface area contributed by atoms with Gasteiger partial charge in [0.15, 0.2) is 12.2 Å². The van der Waals surface area contributed by atoms with E-state index in [1.807, 2.05) is 17.5 Å². The summed E-state index contributed by atoms with van der Waals surface area (Å²) in [6, 6.07) is 3.48. The molecule has 0 unspecified atom stereocenters. The number of thiophene rings is 1. The predicted molar refractivity (Wildman–Crippen MR) is 99.3 cm³/mol. The van der Waals surface area contributed by atoms with Crippen molar-refractivity contribution in [3.8, 4) is 0 Å². The molecule has 25 heavy (non-hydrogen) atoms. The summed E-state index contributed by atoms with van der Waals surface area (Å²) in [5.41, 5.74) is 0. The largest absolute Gasteiger partial charge is 0.380 e. The molecule has 2 rings (SSSR count). The molecule has 1 aliphatic heterocycles. The zero-order chi connectivity index (χ0) is 18.4. The third-order valence-electron chi connectivity index (χ3n) is 4.15. The van der Waals surface area contributed by atoms with Crippen molar-refractivity contribution in [3.05, 3.63) is 22.4 Å². The van der Waals surface area contributed by atoms with Crippen LogP contribution in [0.5, 0.6) is 0 Å². The smallest absolute Gasteiger partial charge is 0.255 e. The summed E-state index contributed by atoms with van der Waals surface area (Å²) in [7, 11) is 1.28. The Balaban J connectivity index is 1.92. The van der Waals surface area contributed by atoms with E-state index in [-0.39, 0.29) is 5.04 Å². The highest BCUT2D eigenvalue weighted by atomic mass is 32.1. The number of amides is 2. The van der Waals surface area contributed by atoms with Crippen molar-refractivity contribution in [1.82, 2.24) is 10.2 Å². The number of aliphatic hydroxyl groups is 1. The van der Waals surface area contributed by atoms with Gasteiger partial charge in [0.1, 0.15) is 0 Å². The Labute approximate surface area is 156 Å². The second-order valence-electron chi connectivity index (χ2n) is 5.80. The Kier molecular flexibility index (Phi) is 7.42. The average Bonchev–Trinajstić information content (AvgIpc) is 3.26. The van der Waals surface area contributed by atoms with Crippen LogP contribution >= 0.6 is 24.0 Å². The Bertz CT molecular complexity index is 609. The van der Waals surface area contributed by atoms with Crippen LogP contribution < -0.4 is 5.32 Å². The van der Waals surface area contributed by atoms with Crippen molar-refractivity contribution < 1.29 is 19.4 Å². The van der Waals surface area contributed by atoms with E-state index in [2.05, 4.69) is 17.9 Å². The van der Waals surface area contributed by atoms with Crippen LogP contribution in [0.25, 0.3) is 0 Å². The highest BCUT2D eigenvalue weighted by Gasteiger charge is 2.39. The molecule has 2 amide bonds. The molecule has 1 aliphatic rings. The number of methoxy groups -OCH3 is 1. The molecule has 2 heterocycles. The molecular weight excluding hydrogens is 362 g/mol. The first-order valence-electron chi connectivity index (χ1n) is 8.04. The fraction of sp³-hybridized carbons (Fsp3) is 0.562. The summed E-state index contributed by atoms with van der Waals surface area (Å²) in [5.74, 6) is -1.14. The minimum Gasteiger partial charge on any atom is -0.380 e. The van der Waals surface area contributed by atoms with Crippen LogP contribution in [0.1, 0.15) is 17.7 Å². The van der Waals surface area contributed by atoms with E-state index in [0.29, 0.717) is 25.9 Å². The lowest BCUT2D eigenvalue weighted by Gasteiger charge is -2.29. The Morgan fingerprint density at radius 2 is 2.36 bits per heavy atom. The molecule has 1 saturated heterocycles. The molecule has 1 fully saturated rings. The van der Waals surface area contributed by atoms with Crippen molar-refractivity contribution >= 4 is 40.8 Å². The number of likely N-dealkylation sites (tertiary alicyclic amines) is 1. The van der Waals surface area contributed by atoms with Gasteiger partial charge in [-0.25, -0.2) is 0 Å². The highest BCUT2D eigenvalue weighted by molar-refractivity contribution is 7.97. The molecule has 0 saturated carbocycles. The molecule has 7 nitrogen and oxygen atoms in total. The quantitative estimate of drug-likeness (QED) is 0.300. The maximum Gasteiger partial charge on any atom is 0.255 e. The number of hydrogen-bond acceptors (Lipinski definition) is 6. The van der Waals surface area contributed by atoms with Gasteiger partial charge in [-0.15, -0.1) is 24.0 Å². The van der Waals surface area contributed by atoms with Gasteiger partial charge in [-0.3, -0.25) is 15.0 Å². The van der Waals surface area contributed by atoms with Crippen LogP contribution in [0, 0.1) is 5.41 Å². The normalized spacial score (nSPS) is 19.5. The van der Waals surface area contributed by atoms with Gasteiger partial charge in [-0.2, -0.15) is 0 Å². The van der Waals surface area contributed by atoms with Crippen LogP contribution in [-0.4, -0.2) is 65.3 Å². The summed E-state index contributed by atoms with van der Waals surface area (Å²) in [4.78, 5) is 27.3. The number of carbonyl (C=O) groups is 2. The van der Waals surface area contributed by atoms with Crippen molar-refractivity contribution in [2.45, 2.75) is 37.5 Å². The first-order chi connectivity index (χ1) is 12.0. The predicted octanol–water partition coefficient (Wildman–Crippen LogP) is 0.681. The van der Waals surface area contributed by atoms with Gasteiger partial charge in [0.25, 0.3) is 11.8 Å². The van der Waals surface area contributed by atoms with Crippen LogP contribution in [0.15, 0.2) is 17.5 Å². The van der Waals surface area contributed by atoms with E-state index in [4.69, 9.17) is 10.1 Å². The number of hydrogen-bond donors (Lipinski definition) is 4. The zero-order valence-corrected chi connectivity index (χ0v) is 15.7. The molecule has 1 aromatic heterocycles. The lowest BCUT2D eigenvalue weighted by atomic mass is 10.1. The molecule has 0 spiro atoms. The number of nitrogens with one attached hydrogen (secondary N) is 2. The number of thiol groups is 1. The van der Waals surface area contributed by atoms with E-state index < -0.39 is 30.1 Å². The number of carbonyl (C=O) groups excluding carboxylic acids is 2. The third-order valence-corrected chi connectivity index (χ3v) is 5.39. The molecule has 9 heteroatoms. The number of rotatable bonds is 8. The summed E-state index contributed by atoms with van der Waals surface area (Å²) < 4.78 is 5.09. The summed E-state index contributed by atoms with van der Waals surface area (Å²) in [5, 5.41) is 22.6. The second-order valence-corrected chi connectivity index (χ2v) is 7.31. The van der Waals surface area contributed by atoms with Crippen molar-refractivity contribution in [2.75, 3.05) is 20.2 Å². The minimum atomic E-state index is -1.60. The average molecular weight is 386 g/mol. The van der Waals surface area contributed by atoms with E-state index in [0.717, 1.165) is 11.3 Å². The first-order valence-corrected chi connectivity index (χ1v) is 9.37. The fourth-order valence-corrected chi connectivity index (χ4v) is 3.83. The summed E-state index contributed by atoms with van der Waals surface area (Å²) in [6.07, 6.45) is -0.842. The molecule has 0 bridgehead atoms. The topological polar surface area (TPSA) is 103 Å². The molecule has 1 aromatic rings. The lowest BCUT2D eigenvalue weighted by molar-refractivity contribution is -0.155. The monoisotopic (exact) mass is 385 g/mol. The minimum absolute atomic E-state index is 0.0931. The van der Waals surface area contributed by atoms with Crippen molar-refractivity contribution in [2.24, 2.45) is 0 Å². The maximum atomic E-state index is 12.6. The van der Waals surface area contributed by atoms with Crippen molar-refractivity contribution in [1.29, 1.82) is 5.41 Å². The number of nitrogens with zero attached hydrogens (tertiary/aromatic N) is 1. The van der Waals surface area contributed by atoms with E-state index in [1.165, 1.54) is 12.0 Å². The third kappa shape index (κ3) is 5.04. The van der Waals surface area contributed by atoms with Gasteiger partial charge in [0.05, 0.1) is 11.1 Å². The lowest BCUT2D eigenvalue weighted by Crippen LogP contribution is -2.53.